The Balaban J connectivity index is 1.78. The molecule has 2 heterocycles. The summed E-state index contributed by atoms with van der Waals surface area (Å²) < 4.78 is 16.9. The first-order valence-corrected chi connectivity index (χ1v) is 11.2. The smallest absolute Gasteiger partial charge is 0.326 e. The van der Waals surface area contributed by atoms with Crippen molar-refractivity contribution in [2.75, 3.05) is 13.7 Å². The number of ether oxygens (including phenoxy) is 3. The van der Waals surface area contributed by atoms with Gasteiger partial charge in [-0.05, 0) is 77.4 Å². The van der Waals surface area contributed by atoms with Gasteiger partial charge in [-0.1, -0.05) is 6.07 Å². The molecule has 32 heavy (non-hydrogen) atoms. The fourth-order valence-electron chi connectivity index (χ4n) is 2.81. The quantitative estimate of drug-likeness (QED) is 0.372. The van der Waals surface area contributed by atoms with E-state index in [1.807, 2.05) is 18.2 Å². The van der Waals surface area contributed by atoms with E-state index in [9.17, 15) is 14.4 Å². The van der Waals surface area contributed by atoms with E-state index >= 15 is 0 Å². The van der Waals surface area contributed by atoms with Crippen molar-refractivity contribution in [2.24, 2.45) is 0 Å². The summed E-state index contributed by atoms with van der Waals surface area (Å²) in [5, 5.41) is -0.525. The number of halogens is 1. The molecule has 1 aromatic heterocycles. The molecule has 10 heteroatoms. The molecule has 0 unspecified atom stereocenters. The van der Waals surface area contributed by atoms with Gasteiger partial charge in [-0.25, -0.2) is 0 Å². The van der Waals surface area contributed by atoms with Crippen molar-refractivity contribution in [2.45, 2.75) is 26.6 Å². The summed E-state index contributed by atoms with van der Waals surface area (Å²) in [5.41, 5.74) is 1.38. The minimum atomic E-state index is -0.637. The Hall–Kier alpha value is -2.85. The van der Waals surface area contributed by atoms with Crippen LogP contribution in [0.1, 0.15) is 25.1 Å². The van der Waals surface area contributed by atoms with E-state index in [4.69, 9.17) is 14.2 Å². The van der Waals surface area contributed by atoms with Gasteiger partial charge in [-0.15, -0.1) is 0 Å². The number of imide groups is 1. The van der Waals surface area contributed by atoms with Gasteiger partial charge in [-0.2, -0.15) is 0 Å². The molecule has 168 valence electrons. The number of benzene rings is 1. The highest BCUT2D eigenvalue weighted by molar-refractivity contribution is 9.10. The summed E-state index contributed by atoms with van der Waals surface area (Å²) in [6.45, 7) is 3.22. The Kier molecular flexibility index (Phi) is 7.92. The van der Waals surface area contributed by atoms with Crippen LogP contribution in [0.3, 0.4) is 0 Å². The number of aromatic nitrogens is 1. The maximum atomic E-state index is 12.6. The van der Waals surface area contributed by atoms with E-state index < -0.39 is 23.7 Å². The van der Waals surface area contributed by atoms with Crippen molar-refractivity contribution in [1.29, 1.82) is 0 Å². The highest BCUT2D eigenvalue weighted by atomic mass is 79.9. The zero-order valence-electron chi connectivity index (χ0n) is 17.7. The molecule has 0 radical (unpaired) electrons. The number of methoxy groups -OCH3 is 1. The second-order valence-electron chi connectivity index (χ2n) is 6.95. The Morgan fingerprint density at radius 3 is 2.72 bits per heavy atom. The average molecular weight is 521 g/mol. The van der Waals surface area contributed by atoms with Gasteiger partial charge in [0.15, 0.2) is 11.5 Å². The Labute approximate surface area is 198 Å². The molecule has 0 atom stereocenters. The first-order chi connectivity index (χ1) is 15.3. The van der Waals surface area contributed by atoms with Gasteiger partial charge in [0.05, 0.1) is 28.3 Å². The van der Waals surface area contributed by atoms with Crippen molar-refractivity contribution in [3.8, 4) is 11.5 Å². The van der Waals surface area contributed by atoms with E-state index in [0.717, 1.165) is 22.4 Å². The molecular weight excluding hydrogens is 500 g/mol. The SMILES string of the molecule is COc1cc(/C=C2\SC(=O)N(CC(=O)OC(C)C)C2=O)cc(Br)c1OCc1ccccn1. The molecule has 1 fully saturated rings. The number of hydrogen-bond acceptors (Lipinski definition) is 8. The van der Waals surface area contributed by atoms with Gasteiger partial charge < -0.3 is 14.2 Å². The largest absolute Gasteiger partial charge is 0.493 e. The normalized spacial score (nSPS) is 14.9. The van der Waals surface area contributed by atoms with Crippen LogP contribution < -0.4 is 9.47 Å². The summed E-state index contributed by atoms with van der Waals surface area (Å²) in [6.07, 6.45) is 2.92. The molecule has 2 amide bonds. The summed E-state index contributed by atoms with van der Waals surface area (Å²) in [5.74, 6) is -0.255. The molecule has 1 aliphatic heterocycles. The molecule has 1 aliphatic rings. The van der Waals surface area contributed by atoms with Crippen LogP contribution in [0.25, 0.3) is 6.08 Å². The summed E-state index contributed by atoms with van der Waals surface area (Å²) in [6, 6.07) is 8.99. The number of carbonyl (C=O) groups excluding carboxylic acids is 3. The molecule has 0 spiro atoms. The first-order valence-electron chi connectivity index (χ1n) is 9.63. The Bertz CT molecular complexity index is 1060. The monoisotopic (exact) mass is 520 g/mol. The maximum absolute atomic E-state index is 12.6. The molecule has 2 aromatic rings. The van der Waals surface area contributed by atoms with Crippen LogP contribution in [0.15, 0.2) is 45.9 Å². The lowest BCUT2D eigenvalue weighted by Crippen LogP contribution is -2.35. The van der Waals surface area contributed by atoms with Crippen molar-refractivity contribution in [3.63, 3.8) is 0 Å². The third kappa shape index (κ3) is 5.89. The molecule has 0 bridgehead atoms. The lowest BCUT2D eigenvalue weighted by atomic mass is 10.2. The molecule has 1 aromatic carbocycles. The third-order valence-electron chi connectivity index (χ3n) is 4.17. The van der Waals surface area contributed by atoms with Crippen LogP contribution in [-0.4, -0.2) is 46.8 Å². The highest BCUT2D eigenvalue weighted by Gasteiger charge is 2.36. The maximum Gasteiger partial charge on any atom is 0.326 e. The third-order valence-corrected chi connectivity index (χ3v) is 5.66. The number of esters is 1. The second-order valence-corrected chi connectivity index (χ2v) is 8.80. The zero-order chi connectivity index (χ0) is 23.3. The van der Waals surface area contributed by atoms with E-state index in [-0.39, 0.29) is 17.6 Å². The van der Waals surface area contributed by atoms with Gasteiger partial charge in [0.25, 0.3) is 11.1 Å². The summed E-state index contributed by atoms with van der Waals surface area (Å²) >= 11 is 4.23. The van der Waals surface area contributed by atoms with Crippen LogP contribution in [0.2, 0.25) is 0 Å². The van der Waals surface area contributed by atoms with Crippen LogP contribution in [0.5, 0.6) is 11.5 Å². The lowest BCUT2D eigenvalue weighted by molar-refractivity contribution is -0.149. The number of amides is 2. The molecule has 0 saturated carbocycles. The number of nitrogens with zero attached hydrogens (tertiary/aromatic N) is 2. The standard InChI is InChI=1S/C22H21BrN2O6S/c1-13(2)31-19(26)11-25-21(27)18(32-22(25)28)10-14-8-16(23)20(17(9-14)29-3)30-12-15-6-4-5-7-24-15/h4-10,13H,11-12H2,1-3H3/b18-10-. The fourth-order valence-corrected chi connectivity index (χ4v) is 4.22. The van der Waals surface area contributed by atoms with E-state index in [1.165, 1.54) is 7.11 Å². The van der Waals surface area contributed by atoms with E-state index in [0.29, 0.717) is 21.5 Å². The van der Waals surface area contributed by atoms with Crippen molar-refractivity contribution >= 4 is 50.9 Å². The first kappa shape index (κ1) is 23.8. The highest BCUT2D eigenvalue weighted by Crippen LogP contribution is 2.39. The minimum absolute atomic E-state index is 0.198. The van der Waals surface area contributed by atoms with Crippen LogP contribution in [-0.2, 0) is 20.9 Å². The van der Waals surface area contributed by atoms with Gasteiger partial charge >= 0.3 is 5.97 Å². The van der Waals surface area contributed by atoms with E-state index in [1.54, 1.807) is 38.3 Å². The molecule has 8 nitrogen and oxygen atoms in total. The number of thioether (sulfide) groups is 1. The predicted octanol–water partition coefficient (Wildman–Crippen LogP) is 4.42. The number of carbonyl (C=O) groups is 3. The van der Waals surface area contributed by atoms with Gasteiger partial charge in [0, 0.05) is 6.20 Å². The van der Waals surface area contributed by atoms with Gasteiger partial charge in [0.1, 0.15) is 13.2 Å². The van der Waals surface area contributed by atoms with Gasteiger partial charge in [-0.3, -0.25) is 24.3 Å². The second kappa shape index (κ2) is 10.6. The van der Waals surface area contributed by atoms with Crippen molar-refractivity contribution in [1.82, 2.24) is 9.88 Å². The molecule has 3 rings (SSSR count). The fraction of sp³-hybridized carbons (Fsp3) is 0.273. The number of pyridine rings is 1. The Morgan fingerprint density at radius 1 is 1.28 bits per heavy atom. The zero-order valence-corrected chi connectivity index (χ0v) is 20.1. The summed E-state index contributed by atoms with van der Waals surface area (Å²) in [7, 11) is 1.51. The topological polar surface area (TPSA) is 95.0 Å². The van der Waals surface area contributed by atoms with Crippen LogP contribution in [0, 0.1) is 0 Å². The molecule has 0 N–H and O–H groups in total. The Morgan fingerprint density at radius 2 is 2.06 bits per heavy atom. The molecule has 1 saturated heterocycles. The minimum Gasteiger partial charge on any atom is -0.493 e. The summed E-state index contributed by atoms with van der Waals surface area (Å²) in [4.78, 5) is 42.0. The van der Waals surface area contributed by atoms with Crippen molar-refractivity contribution in [3.05, 3.63) is 57.2 Å². The van der Waals surface area contributed by atoms with Crippen molar-refractivity contribution < 1.29 is 28.6 Å². The lowest BCUT2D eigenvalue weighted by Gasteiger charge is -2.14. The predicted molar refractivity (Wildman–Crippen MR) is 123 cm³/mol. The molecule has 0 aliphatic carbocycles. The van der Waals surface area contributed by atoms with Gasteiger partial charge in [0.2, 0.25) is 0 Å². The van der Waals surface area contributed by atoms with Crippen LogP contribution >= 0.6 is 27.7 Å². The number of hydrogen-bond donors (Lipinski definition) is 0. The number of rotatable bonds is 8. The average Bonchev–Trinajstić information content (AvgIpc) is 3.00. The molecular formula is C22H21BrN2O6S. The van der Waals surface area contributed by atoms with E-state index in [2.05, 4.69) is 20.9 Å². The van der Waals surface area contributed by atoms with Crippen LogP contribution in [0.4, 0.5) is 4.79 Å².